The lowest BCUT2D eigenvalue weighted by molar-refractivity contribution is 0.257. The molecule has 1 aromatic carbocycles. The average Bonchev–Trinajstić information content (AvgIpc) is 2.22. The first-order valence-electron chi connectivity index (χ1n) is 5.63. The molecule has 96 valence electrons. The summed E-state index contributed by atoms with van der Waals surface area (Å²) in [5, 5.41) is 0. The molecule has 1 aromatic rings. The normalized spacial score (nSPS) is 17.4. The van der Waals surface area contributed by atoms with Crippen LogP contribution in [-0.4, -0.2) is 20.8 Å². The van der Waals surface area contributed by atoms with Gasteiger partial charge in [-0.2, -0.15) is 4.99 Å². The van der Waals surface area contributed by atoms with Crippen molar-refractivity contribution in [2.45, 2.75) is 24.8 Å². The van der Waals surface area contributed by atoms with Crippen LogP contribution in [0.5, 0.6) is 0 Å². The summed E-state index contributed by atoms with van der Waals surface area (Å²) >= 11 is 0. The van der Waals surface area contributed by atoms with E-state index in [0.29, 0.717) is 5.69 Å². The number of sulfonamides is 1. The molecular weight excluding hydrogens is 252 g/mol. The fraction of sp³-hybridized carbons (Fsp3) is 0.417. The number of hydrogen-bond acceptors (Lipinski definition) is 4. The second-order valence-electron chi connectivity index (χ2n) is 4.51. The van der Waals surface area contributed by atoms with Crippen LogP contribution in [0.2, 0.25) is 0 Å². The molecule has 6 heteroatoms. The lowest BCUT2D eigenvalue weighted by Gasteiger charge is -2.38. The molecule has 1 saturated carbocycles. The molecule has 0 heterocycles. The van der Waals surface area contributed by atoms with Gasteiger partial charge in [0.15, 0.2) is 0 Å². The average molecular weight is 266 g/mol. The lowest BCUT2D eigenvalue weighted by atomic mass is 9.72. The summed E-state index contributed by atoms with van der Waals surface area (Å²) in [7, 11) is -3.35. The van der Waals surface area contributed by atoms with Gasteiger partial charge in [-0.1, -0.05) is 18.2 Å². The van der Waals surface area contributed by atoms with E-state index < -0.39 is 15.6 Å². The van der Waals surface area contributed by atoms with Gasteiger partial charge < -0.3 is 0 Å². The molecule has 0 aliphatic heterocycles. The molecule has 1 aliphatic rings. The zero-order chi connectivity index (χ0) is 13.2. The van der Waals surface area contributed by atoms with E-state index in [1.54, 1.807) is 24.3 Å². The number of rotatable bonds is 4. The van der Waals surface area contributed by atoms with E-state index in [0.717, 1.165) is 31.1 Å². The fourth-order valence-corrected chi connectivity index (χ4v) is 2.80. The minimum Gasteiger partial charge on any atom is -0.283 e. The highest BCUT2D eigenvalue weighted by molar-refractivity contribution is 7.92. The number of isocyanates is 1. The highest BCUT2D eigenvalue weighted by Crippen LogP contribution is 2.47. The molecule has 1 fully saturated rings. The van der Waals surface area contributed by atoms with Crippen LogP contribution in [0, 0.1) is 0 Å². The summed E-state index contributed by atoms with van der Waals surface area (Å²) in [6, 6.07) is 7.03. The van der Waals surface area contributed by atoms with Crippen molar-refractivity contribution in [3.8, 4) is 0 Å². The Morgan fingerprint density at radius 1 is 1.33 bits per heavy atom. The number of anilines is 1. The van der Waals surface area contributed by atoms with Crippen LogP contribution in [0.3, 0.4) is 0 Å². The van der Waals surface area contributed by atoms with E-state index >= 15 is 0 Å². The van der Waals surface area contributed by atoms with Gasteiger partial charge in [-0.15, -0.1) is 0 Å². The summed E-state index contributed by atoms with van der Waals surface area (Å²) in [6.45, 7) is 0. The summed E-state index contributed by atoms with van der Waals surface area (Å²) in [6.07, 6.45) is 5.15. The highest BCUT2D eigenvalue weighted by Gasteiger charge is 2.40. The number of aliphatic imine (C=N–C) groups is 1. The molecule has 0 spiro atoms. The Hall–Kier alpha value is -1.65. The maximum atomic E-state index is 11.3. The monoisotopic (exact) mass is 266 g/mol. The van der Waals surface area contributed by atoms with Crippen LogP contribution in [0.4, 0.5) is 5.69 Å². The van der Waals surface area contributed by atoms with Gasteiger partial charge >= 0.3 is 0 Å². The molecule has 0 atom stereocenters. The summed E-state index contributed by atoms with van der Waals surface area (Å²) in [5.74, 6) is 0. The Morgan fingerprint density at radius 3 is 2.50 bits per heavy atom. The number of para-hydroxylation sites is 1. The van der Waals surface area contributed by atoms with Crippen molar-refractivity contribution in [2.75, 3.05) is 11.0 Å². The van der Waals surface area contributed by atoms with Crippen LogP contribution >= 0.6 is 0 Å². The maximum absolute atomic E-state index is 11.3. The van der Waals surface area contributed by atoms with Crippen molar-refractivity contribution in [3.63, 3.8) is 0 Å². The Kier molecular flexibility index (Phi) is 3.24. The molecule has 0 bridgehead atoms. The number of nitrogens with one attached hydrogen (secondary N) is 1. The first kappa shape index (κ1) is 12.8. The van der Waals surface area contributed by atoms with Crippen LogP contribution in [0.15, 0.2) is 29.3 Å². The maximum Gasteiger partial charge on any atom is 0.235 e. The summed E-state index contributed by atoms with van der Waals surface area (Å²) in [4.78, 5) is 14.4. The predicted molar refractivity (Wildman–Crippen MR) is 68.6 cm³/mol. The minimum atomic E-state index is -3.35. The first-order chi connectivity index (χ1) is 8.47. The van der Waals surface area contributed by atoms with E-state index in [2.05, 4.69) is 9.71 Å². The Labute approximate surface area is 106 Å². The van der Waals surface area contributed by atoms with Gasteiger partial charge in [0, 0.05) is 5.56 Å². The molecular formula is C12H14N2O3S. The molecule has 0 saturated heterocycles. The Morgan fingerprint density at radius 2 is 2.00 bits per heavy atom. The number of hydrogen-bond donors (Lipinski definition) is 1. The summed E-state index contributed by atoms with van der Waals surface area (Å²) < 4.78 is 25.1. The zero-order valence-electron chi connectivity index (χ0n) is 10.0. The molecule has 2 rings (SSSR count). The predicted octanol–water partition coefficient (Wildman–Crippen LogP) is 1.77. The second-order valence-corrected chi connectivity index (χ2v) is 6.26. The SMILES string of the molecule is CS(=O)(=O)Nc1ccccc1C1(N=C=O)CCC1. The topological polar surface area (TPSA) is 75.6 Å². The van der Waals surface area contributed by atoms with Crippen LogP contribution in [0.25, 0.3) is 0 Å². The molecule has 0 unspecified atom stereocenters. The van der Waals surface area contributed by atoms with E-state index in [1.807, 2.05) is 6.07 Å². The quantitative estimate of drug-likeness (QED) is 0.666. The van der Waals surface area contributed by atoms with Crippen molar-refractivity contribution < 1.29 is 13.2 Å². The van der Waals surface area contributed by atoms with Gasteiger partial charge in [0.2, 0.25) is 16.1 Å². The standard InChI is InChI=1S/C12H14N2O3S/c1-18(16,17)14-11-6-3-2-5-10(11)12(13-9-15)7-4-8-12/h2-3,5-6,14H,4,7-8H2,1H3. The third kappa shape index (κ3) is 2.44. The van der Waals surface area contributed by atoms with Gasteiger partial charge in [0.25, 0.3) is 0 Å². The third-order valence-electron chi connectivity index (χ3n) is 3.16. The largest absolute Gasteiger partial charge is 0.283 e. The van der Waals surface area contributed by atoms with Crippen molar-refractivity contribution in [2.24, 2.45) is 4.99 Å². The van der Waals surface area contributed by atoms with Crippen molar-refractivity contribution in [1.29, 1.82) is 0 Å². The zero-order valence-corrected chi connectivity index (χ0v) is 10.8. The van der Waals surface area contributed by atoms with Gasteiger partial charge in [-0.3, -0.25) is 4.72 Å². The lowest BCUT2D eigenvalue weighted by Crippen LogP contribution is -2.33. The van der Waals surface area contributed by atoms with E-state index in [9.17, 15) is 13.2 Å². The number of carbonyl (C=O) groups excluding carboxylic acids is 1. The third-order valence-corrected chi connectivity index (χ3v) is 3.75. The van der Waals surface area contributed by atoms with Crippen LogP contribution < -0.4 is 4.72 Å². The Bertz CT molecular complexity index is 600. The second kappa shape index (κ2) is 4.55. The van der Waals surface area contributed by atoms with Gasteiger partial charge in [0.1, 0.15) is 5.54 Å². The van der Waals surface area contributed by atoms with Crippen molar-refractivity contribution in [1.82, 2.24) is 0 Å². The molecule has 1 N–H and O–H groups in total. The fourth-order valence-electron chi connectivity index (χ4n) is 2.22. The van der Waals surface area contributed by atoms with E-state index in [4.69, 9.17) is 0 Å². The molecule has 0 aromatic heterocycles. The summed E-state index contributed by atoms with van der Waals surface area (Å²) in [5.41, 5.74) is 0.625. The minimum absolute atomic E-state index is 0.485. The Balaban J connectivity index is 2.47. The van der Waals surface area contributed by atoms with Gasteiger partial charge in [0.05, 0.1) is 11.9 Å². The molecule has 18 heavy (non-hydrogen) atoms. The van der Waals surface area contributed by atoms with Crippen molar-refractivity contribution >= 4 is 21.8 Å². The van der Waals surface area contributed by atoms with Crippen LogP contribution in [-0.2, 0) is 20.4 Å². The van der Waals surface area contributed by atoms with E-state index in [-0.39, 0.29) is 0 Å². The van der Waals surface area contributed by atoms with E-state index in [1.165, 1.54) is 0 Å². The van der Waals surface area contributed by atoms with Gasteiger partial charge in [-0.05, 0) is 25.3 Å². The molecule has 1 aliphatic carbocycles. The molecule has 5 nitrogen and oxygen atoms in total. The first-order valence-corrected chi connectivity index (χ1v) is 7.52. The van der Waals surface area contributed by atoms with Crippen LogP contribution in [0.1, 0.15) is 24.8 Å². The molecule has 0 radical (unpaired) electrons. The smallest absolute Gasteiger partial charge is 0.235 e. The number of benzene rings is 1. The highest BCUT2D eigenvalue weighted by atomic mass is 32.2. The molecule has 0 amide bonds. The van der Waals surface area contributed by atoms with Gasteiger partial charge in [-0.25, -0.2) is 13.2 Å². The number of nitrogens with zero attached hydrogens (tertiary/aromatic N) is 1. The van der Waals surface area contributed by atoms with Crippen molar-refractivity contribution in [3.05, 3.63) is 29.8 Å².